The van der Waals surface area contributed by atoms with Gasteiger partial charge >= 0.3 is 12.1 Å². The second-order valence-electron chi connectivity index (χ2n) is 2.78. The maximum atomic E-state index is 12.1. The third-order valence-electron chi connectivity index (χ3n) is 1.69. The Hall–Kier alpha value is -1.85. The van der Waals surface area contributed by atoms with Crippen LogP contribution in [0, 0.1) is 0 Å². The van der Waals surface area contributed by atoms with Crippen LogP contribution < -0.4 is 0 Å². The van der Waals surface area contributed by atoms with Crippen LogP contribution in [0.25, 0.3) is 11.5 Å². The average Bonchev–Trinajstić information content (AvgIpc) is 2.67. The van der Waals surface area contributed by atoms with E-state index in [1.54, 1.807) is 30.3 Å². The molecule has 2 rings (SSSR count). The van der Waals surface area contributed by atoms with Crippen LogP contribution in [0.15, 0.2) is 34.7 Å². The first kappa shape index (κ1) is 9.70. The maximum Gasteiger partial charge on any atom is 0.470 e. The lowest BCUT2D eigenvalue weighted by Crippen LogP contribution is -2.04. The highest BCUT2D eigenvalue weighted by Gasteiger charge is 2.38. The molecule has 0 amide bonds. The molecule has 0 saturated carbocycles. The van der Waals surface area contributed by atoms with Crippen molar-refractivity contribution in [3.63, 3.8) is 0 Å². The van der Waals surface area contributed by atoms with Gasteiger partial charge in [-0.15, -0.1) is 10.2 Å². The molecular weight excluding hydrogens is 209 g/mol. The van der Waals surface area contributed by atoms with Crippen LogP contribution in [-0.4, -0.2) is 10.2 Å². The van der Waals surface area contributed by atoms with Crippen molar-refractivity contribution in [2.75, 3.05) is 0 Å². The molecule has 0 bridgehead atoms. The normalized spacial score (nSPS) is 11.7. The Morgan fingerprint density at radius 2 is 1.67 bits per heavy atom. The Kier molecular flexibility index (Phi) is 2.18. The van der Waals surface area contributed by atoms with Gasteiger partial charge in [-0.05, 0) is 12.1 Å². The zero-order chi connectivity index (χ0) is 10.9. The van der Waals surface area contributed by atoms with E-state index in [0.29, 0.717) is 5.56 Å². The summed E-state index contributed by atoms with van der Waals surface area (Å²) in [5, 5.41) is 6.24. The highest BCUT2D eigenvalue weighted by Crippen LogP contribution is 2.29. The molecule has 0 unspecified atom stereocenters. The van der Waals surface area contributed by atoms with Crippen molar-refractivity contribution in [2.24, 2.45) is 0 Å². The molecule has 1 aromatic carbocycles. The molecule has 0 N–H and O–H groups in total. The average molecular weight is 214 g/mol. The van der Waals surface area contributed by atoms with Gasteiger partial charge in [0, 0.05) is 5.56 Å². The van der Waals surface area contributed by atoms with Crippen LogP contribution in [0.3, 0.4) is 0 Å². The number of rotatable bonds is 1. The van der Waals surface area contributed by atoms with E-state index < -0.39 is 12.1 Å². The lowest BCUT2D eigenvalue weighted by Gasteiger charge is -1.97. The molecule has 3 nitrogen and oxygen atoms in total. The lowest BCUT2D eigenvalue weighted by molar-refractivity contribution is -0.156. The Bertz CT molecular complexity index is 450. The number of halogens is 3. The summed E-state index contributed by atoms with van der Waals surface area (Å²) in [7, 11) is 0. The Morgan fingerprint density at radius 3 is 2.20 bits per heavy atom. The lowest BCUT2D eigenvalue weighted by atomic mass is 10.2. The van der Waals surface area contributed by atoms with E-state index in [4.69, 9.17) is 0 Å². The summed E-state index contributed by atoms with van der Waals surface area (Å²) in [5.41, 5.74) is 0.459. The van der Waals surface area contributed by atoms with Crippen LogP contribution in [0.5, 0.6) is 0 Å². The smallest absolute Gasteiger partial charge is 0.413 e. The largest absolute Gasteiger partial charge is 0.470 e. The Balaban J connectivity index is 2.37. The van der Waals surface area contributed by atoms with Crippen molar-refractivity contribution in [2.45, 2.75) is 6.18 Å². The standard InChI is InChI=1S/C9H5F3N2O/c10-9(11,12)8-14-13-7(15-8)6-4-2-1-3-5-6/h1-5H. The number of hydrogen-bond acceptors (Lipinski definition) is 3. The van der Waals surface area contributed by atoms with Crippen molar-refractivity contribution < 1.29 is 17.6 Å². The number of aromatic nitrogens is 2. The van der Waals surface area contributed by atoms with E-state index in [-0.39, 0.29) is 5.89 Å². The molecule has 1 heterocycles. The zero-order valence-electron chi connectivity index (χ0n) is 7.32. The molecule has 15 heavy (non-hydrogen) atoms. The van der Waals surface area contributed by atoms with Crippen LogP contribution in [0.4, 0.5) is 13.2 Å². The third-order valence-corrected chi connectivity index (χ3v) is 1.69. The van der Waals surface area contributed by atoms with Crippen molar-refractivity contribution in [1.29, 1.82) is 0 Å². The van der Waals surface area contributed by atoms with E-state index in [2.05, 4.69) is 14.6 Å². The second kappa shape index (κ2) is 3.38. The van der Waals surface area contributed by atoms with Gasteiger partial charge in [-0.2, -0.15) is 13.2 Å². The summed E-state index contributed by atoms with van der Waals surface area (Å²) in [6.45, 7) is 0. The van der Waals surface area contributed by atoms with Gasteiger partial charge in [0.15, 0.2) is 0 Å². The van der Waals surface area contributed by atoms with Crippen molar-refractivity contribution in [3.05, 3.63) is 36.2 Å². The van der Waals surface area contributed by atoms with E-state index >= 15 is 0 Å². The maximum absolute atomic E-state index is 12.1. The van der Waals surface area contributed by atoms with Gasteiger partial charge in [0.1, 0.15) is 0 Å². The van der Waals surface area contributed by atoms with Crippen molar-refractivity contribution >= 4 is 0 Å². The molecule has 1 aromatic heterocycles. The van der Waals surface area contributed by atoms with E-state index in [1.165, 1.54) is 0 Å². The summed E-state index contributed by atoms with van der Waals surface area (Å²) in [4.78, 5) is 0. The van der Waals surface area contributed by atoms with E-state index in [9.17, 15) is 13.2 Å². The van der Waals surface area contributed by atoms with Gasteiger partial charge in [-0.1, -0.05) is 18.2 Å². The van der Waals surface area contributed by atoms with Crippen molar-refractivity contribution in [3.8, 4) is 11.5 Å². The predicted octanol–water partition coefficient (Wildman–Crippen LogP) is 2.76. The number of hydrogen-bond donors (Lipinski definition) is 0. The first-order chi connectivity index (χ1) is 7.07. The van der Waals surface area contributed by atoms with Gasteiger partial charge in [-0.3, -0.25) is 0 Å². The molecule has 78 valence electrons. The quantitative estimate of drug-likeness (QED) is 0.732. The molecule has 0 spiro atoms. The SMILES string of the molecule is FC(F)(F)c1nnc(-c2ccccc2)o1. The van der Waals surface area contributed by atoms with Gasteiger partial charge in [0.2, 0.25) is 5.89 Å². The van der Waals surface area contributed by atoms with Gasteiger partial charge in [0.25, 0.3) is 0 Å². The second-order valence-corrected chi connectivity index (χ2v) is 2.78. The van der Waals surface area contributed by atoms with Crippen LogP contribution in [0.1, 0.15) is 5.89 Å². The predicted molar refractivity (Wildman–Crippen MR) is 44.7 cm³/mol. The van der Waals surface area contributed by atoms with Crippen LogP contribution in [0.2, 0.25) is 0 Å². The summed E-state index contributed by atoms with van der Waals surface area (Å²) in [6.07, 6.45) is -4.60. The third kappa shape index (κ3) is 1.98. The molecule has 2 aromatic rings. The molecular formula is C9H5F3N2O. The first-order valence-corrected chi connectivity index (χ1v) is 4.03. The minimum absolute atomic E-state index is 0.136. The monoisotopic (exact) mass is 214 g/mol. The topological polar surface area (TPSA) is 38.9 Å². The number of nitrogens with zero attached hydrogens (tertiary/aromatic N) is 2. The minimum atomic E-state index is -4.60. The van der Waals surface area contributed by atoms with Crippen LogP contribution in [-0.2, 0) is 6.18 Å². The summed E-state index contributed by atoms with van der Waals surface area (Å²) < 4.78 is 40.8. The highest BCUT2D eigenvalue weighted by atomic mass is 19.4. The summed E-state index contributed by atoms with van der Waals surface area (Å²) in [5.74, 6) is -1.47. The Labute approximate surface area is 82.6 Å². The Morgan fingerprint density at radius 1 is 1.00 bits per heavy atom. The molecule has 0 fully saturated rings. The summed E-state index contributed by atoms with van der Waals surface area (Å²) >= 11 is 0. The van der Waals surface area contributed by atoms with E-state index in [1.807, 2.05) is 0 Å². The van der Waals surface area contributed by atoms with Gasteiger partial charge < -0.3 is 4.42 Å². The molecule has 0 aliphatic carbocycles. The number of alkyl halides is 3. The molecule has 0 aliphatic heterocycles. The molecule has 0 saturated heterocycles. The molecule has 0 aliphatic rings. The van der Waals surface area contributed by atoms with Gasteiger partial charge in [-0.25, -0.2) is 0 Å². The fourth-order valence-electron chi connectivity index (χ4n) is 1.04. The minimum Gasteiger partial charge on any atom is -0.413 e. The molecule has 0 radical (unpaired) electrons. The first-order valence-electron chi connectivity index (χ1n) is 4.03. The van der Waals surface area contributed by atoms with Gasteiger partial charge in [0.05, 0.1) is 0 Å². The fourth-order valence-corrected chi connectivity index (χ4v) is 1.04. The molecule has 0 atom stereocenters. The molecule has 6 heteroatoms. The fraction of sp³-hybridized carbons (Fsp3) is 0.111. The van der Waals surface area contributed by atoms with Crippen LogP contribution >= 0.6 is 0 Å². The van der Waals surface area contributed by atoms with Crippen molar-refractivity contribution in [1.82, 2.24) is 10.2 Å². The van der Waals surface area contributed by atoms with E-state index in [0.717, 1.165) is 0 Å². The summed E-state index contributed by atoms with van der Waals surface area (Å²) in [6, 6.07) is 8.27. The zero-order valence-corrected chi connectivity index (χ0v) is 7.32. The number of benzene rings is 1. The highest BCUT2D eigenvalue weighted by molar-refractivity contribution is 5.51.